The molecule has 1 aromatic carbocycles. The largest absolute Gasteiger partial charge is 0.458 e. The van der Waals surface area contributed by atoms with Gasteiger partial charge in [0, 0.05) is 6.42 Å². The van der Waals surface area contributed by atoms with Gasteiger partial charge < -0.3 is 4.42 Å². The second-order valence-corrected chi connectivity index (χ2v) is 4.09. The Labute approximate surface area is 92.3 Å². The van der Waals surface area contributed by atoms with Gasteiger partial charge in [-0.15, -0.1) is 0 Å². The van der Waals surface area contributed by atoms with Crippen LogP contribution < -0.4 is 0 Å². The van der Waals surface area contributed by atoms with E-state index < -0.39 is 0 Å². The minimum atomic E-state index is -0.198. The van der Waals surface area contributed by atoms with Gasteiger partial charge in [-0.25, -0.2) is 4.39 Å². The molecule has 1 aromatic heterocycles. The van der Waals surface area contributed by atoms with Gasteiger partial charge in [0.2, 0.25) is 0 Å². The van der Waals surface area contributed by atoms with Crippen molar-refractivity contribution in [2.24, 2.45) is 0 Å². The molecule has 0 fully saturated rings. The maximum atomic E-state index is 12.7. The van der Waals surface area contributed by atoms with Crippen LogP contribution in [0.5, 0.6) is 0 Å². The van der Waals surface area contributed by atoms with Gasteiger partial charge in [0.15, 0.2) is 5.09 Å². The standard InChI is InChI=1S/C12H11FOS/c1-15-12-7-10(8-14-12)6-9-2-4-11(13)5-3-9/h2-5,7-8H,6H2,1H3. The van der Waals surface area contributed by atoms with Gasteiger partial charge in [-0.1, -0.05) is 23.9 Å². The average molecular weight is 222 g/mol. The predicted molar refractivity (Wildman–Crippen MR) is 59.7 cm³/mol. The molecule has 0 amide bonds. The van der Waals surface area contributed by atoms with Crippen LogP contribution in [-0.4, -0.2) is 6.26 Å². The third-order valence-corrected chi connectivity index (χ3v) is 2.77. The molecule has 0 bridgehead atoms. The normalized spacial score (nSPS) is 10.5. The lowest BCUT2D eigenvalue weighted by molar-refractivity contribution is 0.474. The summed E-state index contributed by atoms with van der Waals surface area (Å²) in [4.78, 5) is 0. The zero-order valence-electron chi connectivity index (χ0n) is 8.37. The molecule has 78 valence electrons. The predicted octanol–water partition coefficient (Wildman–Crippen LogP) is 3.73. The highest BCUT2D eigenvalue weighted by Gasteiger charge is 2.01. The van der Waals surface area contributed by atoms with Crippen LogP contribution in [0.4, 0.5) is 4.39 Å². The smallest absolute Gasteiger partial charge is 0.160 e. The van der Waals surface area contributed by atoms with Crippen LogP contribution in [0.15, 0.2) is 46.1 Å². The van der Waals surface area contributed by atoms with Crippen LogP contribution in [-0.2, 0) is 6.42 Å². The first-order valence-electron chi connectivity index (χ1n) is 4.64. The third-order valence-electron chi connectivity index (χ3n) is 2.15. The molecule has 0 saturated carbocycles. The zero-order valence-corrected chi connectivity index (χ0v) is 9.18. The molecule has 1 nitrogen and oxygen atoms in total. The van der Waals surface area contributed by atoms with Gasteiger partial charge in [-0.05, 0) is 35.6 Å². The van der Waals surface area contributed by atoms with Crippen LogP contribution in [0.3, 0.4) is 0 Å². The molecule has 3 heteroatoms. The van der Waals surface area contributed by atoms with Crippen molar-refractivity contribution in [2.45, 2.75) is 11.5 Å². The number of halogens is 1. The maximum Gasteiger partial charge on any atom is 0.160 e. The zero-order chi connectivity index (χ0) is 10.7. The Kier molecular flexibility index (Phi) is 3.11. The maximum absolute atomic E-state index is 12.7. The third kappa shape index (κ3) is 2.63. The van der Waals surface area contributed by atoms with Crippen LogP contribution in [0.25, 0.3) is 0 Å². The second-order valence-electron chi connectivity index (χ2n) is 3.28. The summed E-state index contributed by atoms with van der Waals surface area (Å²) in [6, 6.07) is 8.55. The van der Waals surface area contributed by atoms with Gasteiger partial charge in [0.1, 0.15) is 5.82 Å². The lowest BCUT2D eigenvalue weighted by Gasteiger charge is -1.97. The van der Waals surface area contributed by atoms with Crippen molar-refractivity contribution in [3.63, 3.8) is 0 Å². The Morgan fingerprint density at radius 1 is 1.20 bits per heavy atom. The summed E-state index contributed by atoms with van der Waals surface area (Å²) in [7, 11) is 0. The van der Waals surface area contributed by atoms with E-state index in [9.17, 15) is 4.39 Å². The first-order chi connectivity index (χ1) is 7.28. The fourth-order valence-electron chi connectivity index (χ4n) is 1.39. The molecule has 0 spiro atoms. The van der Waals surface area contributed by atoms with Crippen LogP contribution in [0.1, 0.15) is 11.1 Å². The van der Waals surface area contributed by atoms with Crippen molar-refractivity contribution in [3.05, 3.63) is 53.5 Å². The summed E-state index contributed by atoms with van der Waals surface area (Å²) in [5.41, 5.74) is 2.20. The van der Waals surface area contributed by atoms with Crippen LogP contribution >= 0.6 is 11.8 Å². The Morgan fingerprint density at radius 2 is 1.93 bits per heavy atom. The minimum absolute atomic E-state index is 0.198. The van der Waals surface area contributed by atoms with E-state index in [1.165, 1.54) is 12.1 Å². The molecule has 2 aromatic rings. The highest BCUT2D eigenvalue weighted by molar-refractivity contribution is 7.98. The number of thioether (sulfide) groups is 1. The molecule has 0 N–H and O–H groups in total. The van der Waals surface area contributed by atoms with E-state index in [0.717, 1.165) is 22.6 Å². The fourth-order valence-corrected chi connectivity index (χ4v) is 1.80. The molecule has 1 heterocycles. The van der Waals surface area contributed by atoms with E-state index in [0.29, 0.717) is 0 Å². The topological polar surface area (TPSA) is 13.1 Å². The van der Waals surface area contributed by atoms with Crippen molar-refractivity contribution in [3.8, 4) is 0 Å². The summed E-state index contributed by atoms with van der Waals surface area (Å²) in [5, 5.41) is 0.909. The summed E-state index contributed by atoms with van der Waals surface area (Å²) < 4.78 is 18.0. The molecular formula is C12H11FOS. The molecule has 0 aliphatic carbocycles. The average Bonchev–Trinajstić information content (AvgIpc) is 2.69. The van der Waals surface area contributed by atoms with Crippen molar-refractivity contribution in [2.75, 3.05) is 6.26 Å². The Balaban J connectivity index is 2.11. The summed E-state index contributed by atoms with van der Waals surface area (Å²) in [5.74, 6) is -0.198. The molecule has 0 aliphatic heterocycles. The Hall–Kier alpha value is -1.22. The van der Waals surface area contributed by atoms with Gasteiger partial charge in [0.25, 0.3) is 0 Å². The summed E-state index contributed by atoms with van der Waals surface area (Å²) in [6.45, 7) is 0. The van der Waals surface area contributed by atoms with Crippen molar-refractivity contribution in [1.29, 1.82) is 0 Å². The van der Waals surface area contributed by atoms with E-state index >= 15 is 0 Å². The molecule has 0 unspecified atom stereocenters. The van der Waals surface area contributed by atoms with E-state index in [2.05, 4.69) is 0 Å². The van der Waals surface area contributed by atoms with Gasteiger partial charge in [-0.3, -0.25) is 0 Å². The van der Waals surface area contributed by atoms with Crippen molar-refractivity contribution in [1.82, 2.24) is 0 Å². The van der Waals surface area contributed by atoms with Gasteiger partial charge in [-0.2, -0.15) is 0 Å². The number of benzene rings is 1. The number of hydrogen-bond donors (Lipinski definition) is 0. The SMILES string of the molecule is CSc1cc(Cc2ccc(F)cc2)co1. The van der Waals surface area contributed by atoms with E-state index in [-0.39, 0.29) is 5.82 Å². The molecule has 0 saturated heterocycles. The fraction of sp³-hybridized carbons (Fsp3) is 0.167. The van der Waals surface area contributed by atoms with E-state index in [1.807, 2.05) is 12.3 Å². The van der Waals surface area contributed by atoms with Crippen LogP contribution in [0, 0.1) is 5.82 Å². The molecule has 0 atom stereocenters. The Morgan fingerprint density at radius 3 is 2.53 bits per heavy atom. The lowest BCUT2D eigenvalue weighted by Crippen LogP contribution is -1.85. The van der Waals surface area contributed by atoms with Crippen molar-refractivity contribution >= 4 is 11.8 Å². The van der Waals surface area contributed by atoms with Gasteiger partial charge >= 0.3 is 0 Å². The monoisotopic (exact) mass is 222 g/mol. The lowest BCUT2D eigenvalue weighted by atomic mass is 10.1. The first kappa shape index (κ1) is 10.3. The first-order valence-corrected chi connectivity index (χ1v) is 5.86. The Bertz CT molecular complexity index is 433. The quantitative estimate of drug-likeness (QED) is 0.734. The second kappa shape index (κ2) is 4.53. The van der Waals surface area contributed by atoms with E-state index in [1.54, 1.807) is 30.2 Å². The van der Waals surface area contributed by atoms with E-state index in [4.69, 9.17) is 4.42 Å². The number of hydrogen-bond acceptors (Lipinski definition) is 2. The highest BCUT2D eigenvalue weighted by Crippen LogP contribution is 2.20. The molecule has 0 aliphatic rings. The molecule has 2 rings (SSSR count). The number of rotatable bonds is 3. The summed E-state index contributed by atoms with van der Waals surface area (Å²) in [6.07, 6.45) is 4.50. The number of furan rings is 1. The molecule has 15 heavy (non-hydrogen) atoms. The van der Waals surface area contributed by atoms with Crippen LogP contribution in [0.2, 0.25) is 0 Å². The highest BCUT2D eigenvalue weighted by atomic mass is 32.2. The van der Waals surface area contributed by atoms with Gasteiger partial charge in [0.05, 0.1) is 6.26 Å². The molecule has 0 radical (unpaired) electrons. The minimum Gasteiger partial charge on any atom is -0.458 e. The molecular weight excluding hydrogens is 211 g/mol. The summed E-state index contributed by atoms with van der Waals surface area (Å²) >= 11 is 1.58. The van der Waals surface area contributed by atoms with Crippen molar-refractivity contribution < 1.29 is 8.81 Å².